The molecule has 0 aliphatic rings. The number of furan rings is 1. The number of ether oxygens (including phenoxy) is 1. The average molecular weight is 269 g/mol. The number of aromatic nitrogens is 2. The molecule has 0 spiro atoms. The lowest BCUT2D eigenvalue weighted by molar-refractivity contribution is 0.0564. The van der Waals surface area contributed by atoms with Crippen LogP contribution in [-0.2, 0) is 17.0 Å². The van der Waals surface area contributed by atoms with Crippen LogP contribution in [0.1, 0.15) is 22.0 Å². The predicted octanol–water partition coefficient (Wildman–Crippen LogP) is 1.20. The third-order valence-corrected chi connectivity index (χ3v) is 2.96. The first-order valence-electron chi connectivity index (χ1n) is 5.04. The highest BCUT2D eigenvalue weighted by Crippen LogP contribution is 2.24. The van der Waals surface area contributed by atoms with Crippen LogP contribution in [0.25, 0.3) is 0 Å². The first kappa shape index (κ1) is 12.7. The third-order valence-electron chi connectivity index (χ3n) is 2.09. The average Bonchev–Trinajstić information content (AvgIpc) is 3.03. The fraction of sp³-hybridized carbons (Fsp3) is 0.300. The molecule has 0 saturated carbocycles. The van der Waals surface area contributed by atoms with E-state index in [1.165, 1.54) is 25.1 Å². The Labute approximate surface area is 107 Å². The van der Waals surface area contributed by atoms with Gasteiger partial charge < -0.3 is 19.3 Å². The zero-order valence-electron chi connectivity index (χ0n) is 9.58. The van der Waals surface area contributed by atoms with Crippen molar-refractivity contribution >= 4 is 17.7 Å². The molecule has 2 aromatic rings. The maximum atomic E-state index is 11.4. The molecule has 2 rings (SSSR count). The van der Waals surface area contributed by atoms with Crippen LogP contribution in [0.4, 0.5) is 0 Å². The Kier molecular flexibility index (Phi) is 4.00. The zero-order valence-corrected chi connectivity index (χ0v) is 10.4. The van der Waals surface area contributed by atoms with E-state index in [1.807, 2.05) is 0 Å². The number of esters is 1. The van der Waals surface area contributed by atoms with Crippen LogP contribution in [-0.4, -0.2) is 23.3 Å². The number of nitrogens with two attached hydrogens (primary N) is 1. The summed E-state index contributed by atoms with van der Waals surface area (Å²) in [6, 6.07) is 1.69. The van der Waals surface area contributed by atoms with E-state index in [2.05, 4.69) is 14.9 Å². The number of methoxy groups -OCH3 is 1. The number of rotatable bonds is 5. The minimum Gasteiger partial charge on any atom is -0.463 e. The summed E-state index contributed by atoms with van der Waals surface area (Å²) >= 11 is 1.29. The van der Waals surface area contributed by atoms with Gasteiger partial charge in [0, 0.05) is 11.3 Å². The molecule has 2 heterocycles. The summed E-state index contributed by atoms with van der Waals surface area (Å²) in [5.74, 6) is 0.512. The number of carbonyl (C=O) groups excluding carboxylic acids is 1. The second-order valence-corrected chi connectivity index (χ2v) is 4.15. The standard InChI is InChI=1S/C10H11N3O4S/c1-15-9(14)8-6(2-3-16-8)5-18-10-13-12-7(4-11)17-10/h2-3H,4-5,11H2,1H3. The molecule has 0 aliphatic heterocycles. The Balaban J connectivity index is 2.02. The molecule has 0 unspecified atom stereocenters. The van der Waals surface area contributed by atoms with Crippen LogP contribution < -0.4 is 5.73 Å². The molecule has 18 heavy (non-hydrogen) atoms. The number of hydrogen-bond acceptors (Lipinski definition) is 8. The quantitative estimate of drug-likeness (QED) is 0.637. The van der Waals surface area contributed by atoms with Crippen LogP contribution in [0.2, 0.25) is 0 Å². The van der Waals surface area contributed by atoms with Crippen molar-refractivity contribution in [3.05, 3.63) is 29.5 Å². The van der Waals surface area contributed by atoms with E-state index in [1.54, 1.807) is 6.07 Å². The summed E-state index contributed by atoms with van der Waals surface area (Å²) in [5.41, 5.74) is 6.06. The second-order valence-electron chi connectivity index (χ2n) is 3.22. The van der Waals surface area contributed by atoms with Gasteiger partial charge in [0.1, 0.15) is 0 Å². The van der Waals surface area contributed by atoms with Crippen LogP contribution >= 0.6 is 11.8 Å². The summed E-state index contributed by atoms with van der Waals surface area (Å²) < 4.78 is 14.9. The molecular weight excluding hydrogens is 258 g/mol. The molecule has 0 saturated heterocycles. The van der Waals surface area contributed by atoms with Crippen molar-refractivity contribution in [1.29, 1.82) is 0 Å². The van der Waals surface area contributed by atoms with Gasteiger partial charge in [-0.3, -0.25) is 0 Å². The lowest BCUT2D eigenvalue weighted by Gasteiger charge is -1.98. The first-order valence-corrected chi connectivity index (χ1v) is 6.03. The Hall–Kier alpha value is -1.80. The summed E-state index contributed by atoms with van der Waals surface area (Å²) in [5, 5.41) is 7.93. The smallest absolute Gasteiger partial charge is 0.374 e. The van der Waals surface area contributed by atoms with E-state index in [0.717, 1.165) is 0 Å². The molecular formula is C10H11N3O4S. The van der Waals surface area contributed by atoms with Crippen molar-refractivity contribution in [1.82, 2.24) is 10.2 Å². The highest BCUT2D eigenvalue weighted by atomic mass is 32.2. The second kappa shape index (κ2) is 5.69. The minimum atomic E-state index is -0.510. The van der Waals surface area contributed by atoms with E-state index >= 15 is 0 Å². The molecule has 0 fully saturated rings. The zero-order chi connectivity index (χ0) is 13.0. The van der Waals surface area contributed by atoms with Crippen LogP contribution in [0.15, 0.2) is 26.4 Å². The molecule has 8 heteroatoms. The molecule has 2 aromatic heterocycles. The molecule has 96 valence electrons. The van der Waals surface area contributed by atoms with Gasteiger partial charge in [-0.1, -0.05) is 11.8 Å². The molecule has 0 aliphatic carbocycles. The fourth-order valence-corrected chi connectivity index (χ4v) is 2.00. The van der Waals surface area contributed by atoms with Gasteiger partial charge in [0.15, 0.2) is 0 Å². The van der Waals surface area contributed by atoms with Crippen LogP contribution in [0, 0.1) is 0 Å². The summed E-state index contributed by atoms with van der Waals surface area (Å²) in [6.07, 6.45) is 1.43. The predicted molar refractivity (Wildman–Crippen MR) is 61.8 cm³/mol. The largest absolute Gasteiger partial charge is 0.463 e. The van der Waals surface area contributed by atoms with Gasteiger partial charge in [-0.15, -0.1) is 10.2 Å². The lowest BCUT2D eigenvalue weighted by atomic mass is 10.3. The highest BCUT2D eigenvalue weighted by Gasteiger charge is 2.16. The third kappa shape index (κ3) is 2.71. The number of nitrogens with zero attached hydrogens (tertiary/aromatic N) is 2. The maximum Gasteiger partial charge on any atom is 0.374 e. The fourth-order valence-electron chi connectivity index (χ4n) is 1.24. The molecule has 0 atom stereocenters. The summed E-state index contributed by atoms with van der Waals surface area (Å²) in [4.78, 5) is 11.4. The molecule has 0 aromatic carbocycles. The Morgan fingerprint density at radius 3 is 3.06 bits per heavy atom. The van der Waals surface area contributed by atoms with Crippen molar-refractivity contribution in [2.45, 2.75) is 17.5 Å². The van der Waals surface area contributed by atoms with E-state index < -0.39 is 5.97 Å². The van der Waals surface area contributed by atoms with E-state index in [4.69, 9.17) is 14.6 Å². The summed E-state index contributed by atoms with van der Waals surface area (Å²) in [7, 11) is 1.30. The number of thioether (sulfide) groups is 1. The number of hydrogen-bond donors (Lipinski definition) is 1. The van der Waals surface area contributed by atoms with Crippen molar-refractivity contribution < 1.29 is 18.4 Å². The summed E-state index contributed by atoms with van der Waals surface area (Å²) in [6.45, 7) is 0.201. The van der Waals surface area contributed by atoms with Crippen molar-refractivity contribution in [3.8, 4) is 0 Å². The van der Waals surface area contributed by atoms with E-state index in [0.29, 0.717) is 22.4 Å². The van der Waals surface area contributed by atoms with E-state index in [9.17, 15) is 4.79 Å². The van der Waals surface area contributed by atoms with Gasteiger partial charge in [-0.25, -0.2) is 4.79 Å². The van der Waals surface area contributed by atoms with Gasteiger partial charge >= 0.3 is 5.97 Å². The van der Waals surface area contributed by atoms with Gasteiger partial charge in [0.2, 0.25) is 11.7 Å². The molecule has 0 bridgehead atoms. The monoisotopic (exact) mass is 269 g/mol. The Bertz CT molecular complexity index is 537. The Morgan fingerprint density at radius 2 is 2.39 bits per heavy atom. The minimum absolute atomic E-state index is 0.184. The molecule has 2 N–H and O–H groups in total. The number of carbonyl (C=O) groups is 1. The van der Waals surface area contributed by atoms with Crippen molar-refractivity contribution in [3.63, 3.8) is 0 Å². The molecule has 0 amide bonds. The van der Waals surface area contributed by atoms with Gasteiger partial charge in [0.05, 0.1) is 19.9 Å². The van der Waals surface area contributed by atoms with Gasteiger partial charge in [-0.2, -0.15) is 0 Å². The van der Waals surface area contributed by atoms with E-state index in [-0.39, 0.29) is 12.3 Å². The van der Waals surface area contributed by atoms with Gasteiger partial charge in [0.25, 0.3) is 5.22 Å². The first-order chi connectivity index (χ1) is 8.74. The normalized spacial score (nSPS) is 10.6. The highest BCUT2D eigenvalue weighted by molar-refractivity contribution is 7.98. The van der Waals surface area contributed by atoms with Crippen LogP contribution in [0.5, 0.6) is 0 Å². The topological polar surface area (TPSA) is 104 Å². The SMILES string of the molecule is COC(=O)c1occc1CSc1nnc(CN)o1. The van der Waals surface area contributed by atoms with Gasteiger partial charge in [-0.05, 0) is 6.07 Å². The lowest BCUT2D eigenvalue weighted by Crippen LogP contribution is -2.02. The molecule has 0 radical (unpaired) electrons. The molecule has 7 nitrogen and oxygen atoms in total. The van der Waals surface area contributed by atoms with Crippen molar-refractivity contribution in [2.24, 2.45) is 5.73 Å². The maximum absolute atomic E-state index is 11.4. The van der Waals surface area contributed by atoms with Crippen molar-refractivity contribution in [2.75, 3.05) is 7.11 Å². The van der Waals surface area contributed by atoms with Crippen LogP contribution in [0.3, 0.4) is 0 Å². The Morgan fingerprint density at radius 1 is 1.56 bits per heavy atom.